The smallest absolute Gasteiger partial charge is 0.497 e. The number of rotatable bonds is 7. The highest BCUT2D eigenvalue weighted by molar-refractivity contribution is 8.02. The standard InChI is InChI=1S/C18H20N2O2PS/c1-4-5-15-6-12-18(13-7-15)22-23(24)20(2)19-14-16-8-10-17(21-3)11-9-16/h4-14H,1-3H3/q+1/b5-4+,19-14-. The molecule has 0 aliphatic carbocycles. The van der Waals surface area contributed by atoms with Crippen LogP contribution in [0.15, 0.2) is 59.7 Å². The number of hydrogen-bond donors (Lipinski definition) is 0. The highest BCUT2D eigenvalue weighted by Gasteiger charge is 2.20. The molecular formula is C18H20N2O2PS+. The lowest BCUT2D eigenvalue weighted by Gasteiger charge is -2.03. The van der Waals surface area contributed by atoms with Crippen LogP contribution in [-0.2, 0) is 11.8 Å². The SMILES string of the molecule is C/C=C/c1ccc(O[P+](=S)N(C)/N=C\c2ccc(OC)cc2)cc1. The summed E-state index contributed by atoms with van der Waals surface area (Å²) in [5, 5.41) is 4.35. The van der Waals surface area contributed by atoms with Crippen LogP contribution < -0.4 is 9.26 Å². The quantitative estimate of drug-likeness (QED) is 0.402. The van der Waals surface area contributed by atoms with E-state index in [-0.39, 0.29) is 0 Å². The van der Waals surface area contributed by atoms with Crippen molar-refractivity contribution in [1.29, 1.82) is 0 Å². The molecule has 0 aliphatic heterocycles. The molecule has 0 N–H and O–H groups in total. The highest BCUT2D eigenvalue weighted by atomic mass is 32.4. The van der Waals surface area contributed by atoms with Crippen LogP contribution in [-0.4, -0.2) is 25.2 Å². The Kier molecular flexibility index (Phi) is 6.91. The minimum absolute atomic E-state index is 0.746. The molecule has 2 aromatic rings. The van der Waals surface area contributed by atoms with Crippen LogP contribution in [0.25, 0.3) is 6.08 Å². The van der Waals surface area contributed by atoms with Crippen LogP contribution in [0.1, 0.15) is 18.1 Å². The van der Waals surface area contributed by atoms with E-state index in [0.29, 0.717) is 0 Å². The van der Waals surface area contributed by atoms with Crippen molar-refractivity contribution in [3.63, 3.8) is 0 Å². The van der Waals surface area contributed by atoms with Crippen LogP contribution in [0.3, 0.4) is 0 Å². The van der Waals surface area contributed by atoms with Crippen molar-refractivity contribution >= 4 is 31.2 Å². The van der Waals surface area contributed by atoms with Gasteiger partial charge in [-0.2, -0.15) is 0 Å². The summed E-state index contributed by atoms with van der Waals surface area (Å²) in [4.78, 5) is 0. The molecule has 2 aromatic carbocycles. The Hall–Kier alpha value is -2.23. The van der Waals surface area contributed by atoms with E-state index in [9.17, 15) is 0 Å². The number of ether oxygens (including phenoxy) is 1. The van der Waals surface area contributed by atoms with Crippen molar-refractivity contribution in [2.24, 2.45) is 5.10 Å². The minimum Gasteiger partial charge on any atom is -0.497 e. The maximum absolute atomic E-state index is 5.78. The molecule has 2 rings (SSSR count). The molecule has 0 radical (unpaired) electrons. The number of benzene rings is 2. The Labute approximate surface area is 149 Å². The van der Waals surface area contributed by atoms with Crippen molar-refractivity contribution in [2.45, 2.75) is 6.92 Å². The summed E-state index contributed by atoms with van der Waals surface area (Å²) in [5.74, 6) is 1.56. The third-order valence-electron chi connectivity index (χ3n) is 3.15. The van der Waals surface area contributed by atoms with E-state index >= 15 is 0 Å². The van der Waals surface area contributed by atoms with Crippen LogP contribution in [0.5, 0.6) is 11.5 Å². The topological polar surface area (TPSA) is 34.1 Å². The van der Waals surface area contributed by atoms with Gasteiger partial charge < -0.3 is 4.74 Å². The molecule has 0 fully saturated rings. The lowest BCUT2D eigenvalue weighted by atomic mass is 10.2. The Bertz CT molecular complexity index is 728. The molecule has 1 atom stereocenters. The van der Waals surface area contributed by atoms with Gasteiger partial charge in [0, 0.05) is 0 Å². The van der Waals surface area contributed by atoms with Gasteiger partial charge in [-0.15, -0.1) is 5.10 Å². The van der Waals surface area contributed by atoms with Crippen molar-refractivity contribution in [3.8, 4) is 11.5 Å². The Morgan fingerprint density at radius 1 is 1.00 bits per heavy atom. The molecule has 0 amide bonds. The van der Waals surface area contributed by atoms with E-state index in [2.05, 4.69) is 5.10 Å². The van der Waals surface area contributed by atoms with Crippen molar-refractivity contribution < 1.29 is 9.26 Å². The molecule has 124 valence electrons. The summed E-state index contributed by atoms with van der Waals surface area (Å²) in [6.07, 6.45) is 5.78. The van der Waals surface area contributed by atoms with Gasteiger partial charge in [0.25, 0.3) is 0 Å². The van der Waals surface area contributed by atoms with Gasteiger partial charge in [0.2, 0.25) is 11.8 Å². The summed E-state index contributed by atoms with van der Waals surface area (Å²) in [6, 6.07) is 15.5. The monoisotopic (exact) mass is 359 g/mol. The second-order valence-corrected chi connectivity index (χ2v) is 7.08. The van der Waals surface area contributed by atoms with Gasteiger partial charge in [-0.1, -0.05) is 29.1 Å². The van der Waals surface area contributed by atoms with Crippen LogP contribution >= 0.6 is 7.07 Å². The number of nitrogens with zero attached hydrogens (tertiary/aromatic N) is 2. The van der Waals surface area contributed by atoms with Gasteiger partial charge in [0.05, 0.1) is 20.4 Å². The molecule has 0 bridgehead atoms. The number of hydrazone groups is 1. The van der Waals surface area contributed by atoms with E-state index in [0.717, 1.165) is 22.6 Å². The molecule has 24 heavy (non-hydrogen) atoms. The van der Waals surface area contributed by atoms with Crippen molar-refractivity contribution in [2.75, 3.05) is 14.2 Å². The molecular weight excluding hydrogens is 339 g/mol. The molecule has 4 nitrogen and oxygen atoms in total. The lowest BCUT2D eigenvalue weighted by molar-refractivity contribution is 0.415. The zero-order valence-electron chi connectivity index (χ0n) is 13.9. The van der Waals surface area contributed by atoms with Crippen LogP contribution in [0.4, 0.5) is 0 Å². The molecule has 0 aromatic heterocycles. The second kappa shape index (κ2) is 9.16. The number of methoxy groups -OCH3 is 1. The fourth-order valence-electron chi connectivity index (χ4n) is 1.86. The first-order valence-electron chi connectivity index (χ1n) is 7.42. The Morgan fingerprint density at radius 3 is 2.17 bits per heavy atom. The average Bonchev–Trinajstić information content (AvgIpc) is 2.62. The summed E-state index contributed by atoms with van der Waals surface area (Å²) in [5.41, 5.74) is 2.10. The zero-order chi connectivity index (χ0) is 17.4. The number of allylic oxidation sites excluding steroid dienone is 1. The van der Waals surface area contributed by atoms with E-state index in [4.69, 9.17) is 21.1 Å². The third-order valence-corrected chi connectivity index (χ3v) is 5.02. The zero-order valence-corrected chi connectivity index (χ0v) is 15.6. The summed E-state index contributed by atoms with van der Waals surface area (Å²) < 4.78 is 12.6. The fourth-order valence-corrected chi connectivity index (χ4v) is 2.80. The lowest BCUT2D eigenvalue weighted by Crippen LogP contribution is -2.03. The van der Waals surface area contributed by atoms with Gasteiger partial charge in [-0.25, -0.2) is 0 Å². The first-order chi connectivity index (χ1) is 11.6. The first-order valence-corrected chi connectivity index (χ1v) is 9.64. The van der Waals surface area contributed by atoms with Gasteiger partial charge in [0.15, 0.2) is 5.75 Å². The van der Waals surface area contributed by atoms with Gasteiger partial charge >= 0.3 is 7.07 Å². The van der Waals surface area contributed by atoms with Gasteiger partial charge in [0.1, 0.15) is 5.75 Å². The van der Waals surface area contributed by atoms with E-state index in [1.807, 2.05) is 74.7 Å². The molecule has 0 saturated heterocycles. The summed E-state index contributed by atoms with van der Waals surface area (Å²) >= 11 is 5.40. The highest BCUT2D eigenvalue weighted by Crippen LogP contribution is 2.30. The molecule has 6 heteroatoms. The third kappa shape index (κ3) is 5.44. The Morgan fingerprint density at radius 2 is 1.58 bits per heavy atom. The maximum Gasteiger partial charge on any atom is 0.540 e. The fraction of sp³-hybridized carbons (Fsp3) is 0.167. The van der Waals surface area contributed by atoms with Gasteiger partial charge in [-0.05, 0) is 54.4 Å². The molecule has 0 saturated carbocycles. The first kappa shape index (κ1) is 18.1. The Balaban J connectivity index is 1.94. The minimum atomic E-state index is -1.27. The van der Waals surface area contributed by atoms with Crippen LogP contribution in [0.2, 0.25) is 0 Å². The normalized spacial score (nSPS) is 11.7. The summed E-state index contributed by atoms with van der Waals surface area (Å²) in [7, 11) is 2.19. The second-order valence-electron chi connectivity index (χ2n) is 4.91. The van der Waals surface area contributed by atoms with Gasteiger partial charge in [-0.3, -0.25) is 4.52 Å². The molecule has 0 spiro atoms. The molecule has 0 aliphatic rings. The van der Waals surface area contributed by atoms with Crippen LogP contribution in [0, 0.1) is 0 Å². The van der Waals surface area contributed by atoms with E-state index in [1.54, 1.807) is 18.1 Å². The van der Waals surface area contributed by atoms with E-state index < -0.39 is 7.07 Å². The maximum atomic E-state index is 5.78. The molecule has 0 heterocycles. The average molecular weight is 359 g/mol. The summed E-state index contributed by atoms with van der Waals surface area (Å²) in [6.45, 7) is 1.99. The largest absolute Gasteiger partial charge is 0.540 e. The predicted molar refractivity (Wildman–Crippen MR) is 104 cm³/mol. The molecule has 1 unspecified atom stereocenters. The predicted octanol–water partition coefficient (Wildman–Crippen LogP) is 4.85. The van der Waals surface area contributed by atoms with Crippen molar-refractivity contribution in [3.05, 3.63) is 65.7 Å². The van der Waals surface area contributed by atoms with Crippen molar-refractivity contribution in [1.82, 2.24) is 4.78 Å². The van der Waals surface area contributed by atoms with E-state index in [1.165, 1.54) is 0 Å². The number of hydrogen-bond acceptors (Lipinski definition) is 4.